The summed E-state index contributed by atoms with van der Waals surface area (Å²) in [6, 6.07) is -0.346. The van der Waals surface area contributed by atoms with Crippen LogP contribution in [0.25, 0.3) is 0 Å². The largest absolute Gasteiger partial charge is 0.342 e. The molecule has 114 valence electrons. The summed E-state index contributed by atoms with van der Waals surface area (Å²) in [5, 5.41) is 2.99. The number of hydrogen-bond donors (Lipinski definition) is 1. The van der Waals surface area contributed by atoms with Crippen molar-refractivity contribution in [2.75, 3.05) is 6.54 Å². The molecule has 0 bridgehead atoms. The summed E-state index contributed by atoms with van der Waals surface area (Å²) < 4.78 is 0. The van der Waals surface area contributed by atoms with E-state index in [0.717, 1.165) is 32.1 Å². The van der Waals surface area contributed by atoms with Gasteiger partial charge in [-0.2, -0.15) is 0 Å². The van der Waals surface area contributed by atoms with Crippen molar-refractivity contribution in [2.45, 2.75) is 71.4 Å². The second kappa shape index (κ2) is 5.74. The van der Waals surface area contributed by atoms with Crippen LogP contribution in [0.2, 0.25) is 0 Å². The van der Waals surface area contributed by atoms with Crippen LogP contribution in [0.15, 0.2) is 0 Å². The Morgan fingerprint density at radius 2 is 1.80 bits per heavy atom. The Balaban J connectivity index is 2.26. The highest BCUT2D eigenvalue weighted by Gasteiger charge is 2.53. The van der Waals surface area contributed by atoms with Gasteiger partial charge in [0, 0.05) is 6.54 Å². The van der Waals surface area contributed by atoms with Crippen molar-refractivity contribution in [1.29, 1.82) is 0 Å². The molecule has 1 saturated heterocycles. The molecular formula is C16H28N2O2. The minimum absolute atomic E-state index is 0.0806. The van der Waals surface area contributed by atoms with E-state index in [1.807, 2.05) is 18.7 Å². The monoisotopic (exact) mass is 280 g/mol. The number of nitrogens with one attached hydrogen (secondary N) is 1. The molecule has 20 heavy (non-hydrogen) atoms. The van der Waals surface area contributed by atoms with Crippen LogP contribution >= 0.6 is 0 Å². The summed E-state index contributed by atoms with van der Waals surface area (Å²) in [6.07, 6.45) is 4.71. The molecule has 2 rings (SSSR count). The molecule has 1 unspecified atom stereocenters. The van der Waals surface area contributed by atoms with Crippen molar-refractivity contribution in [3.05, 3.63) is 0 Å². The van der Waals surface area contributed by atoms with E-state index in [9.17, 15) is 9.59 Å². The predicted octanol–water partition coefficient (Wildman–Crippen LogP) is 2.33. The van der Waals surface area contributed by atoms with Crippen molar-refractivity contribution >= 4 is 11.8 Å². The van der Waals surface area contributed by atoms with Crippen LogP contribution in [0.3, 0.4) is 0 Å². The van der Waals surface area contributed by atoms with Gasteiger partial charge in [-0.05, 0) is 31.1 Å². The van der Waals surface area contributed by atoms with Gasteiger partial charge in [0.15, 0.2) is 0 Å². The van der Waals surface area contributed by atoms with Gasteiger partial charge in [0.2, 0.25) is 11.8 Å². The molecule has 0 aromatic carbocycles. The smallest absolute Gasteiger partial charge is 0.246 e. The van der Waals surface area contributed by atoms with Crippen molar-refractivity contribution < 1.29 is 9.59 Å². The lowest BCUT2D eigenvalue weighted by atomic mass is 9.86. The first-order valence-electron chi connectivity index (χ1n) is 8.01. The summed E-state index contributed by atoms with van der Waals surface area (Å²) in [6.45, 7) is 9.03. The lowest BCUT2D eigenvalue weighted by molar-refractivity contribution is -0.158. The Labute approximate surface area is 122 Å². The van der Waals surface area contributed by atoms with Crippen LogP contribution in [0.1, 0.15) is 59.8 Å². The number of amides is 2. The minimum Gasteiger partial charge on any atom is -0.342 e. The highest BCUT2D eigenvalue weighted by atomic mass is 16.2. The molecule has 1 aliphatic carbocycles. The number of carbonyl (C=O) groups is 2. The maximum Gasteiger partial charge on any atom is 0.246 e. The van der Waals surface area contributed by atoms with E-state index in [-0.39, 0.29) is 23.8 Å². The fourth-order valence-corrected chi connectivity index (χ4v) is 3.46. The molecular weight excluding hydrogens is 252 g/mol. The van der Waals surface area contributed by atoms with Crippen LogP contribution in [0.5, 0.6) is 0 Å². The summed E-state index contributed by atoms with van der Waals surface area (Å²) >= 11 is 0. The molecule has 0 aromatic heterocycles. The van der Waals surface area contributed by atoms with E-state index >= 15 is 0 Å². The van der Waals surface area contributed by atoms with Gasteiger partial charge in [0.25, 0.3) is 0 Å². The summed E-state index contributed by atoms with van der Waals surface area (Å²) in [4.78, 5) is 27.3. The lowest BCUT2D eigenvalue weighted by Crippen LogP contribution is -2.70. The highest BCUT2D eigenvalue weighted by Crippen LogP contribution is 2.39. The Hall–Kier alpha value is -1.06. The topological polar surface area (TPSA) is 49.4 Å². The molecule has 1 saturated carbocycles. The SMILES string of the molecule is CC(C)CCN1C(=O)C(C(C)C)NC(=O)C12CCCC2. The second-order valence-electron chi connectivity index (χ2n) is 7.11. The molecule has 0 radical (unpaired) electrons. The van der Waals surface area contributed by atoms with Gasteiger partial charge < -0.3 is 10.2 Å². The first-order chi connectivity index (χ1) is 9.38. The van der Waals surface area contributed by atoms with Gasteiger partial charge in [-0.1, -0.05) is 40.5 Å². The maximum absolute atomic E-state index is 12.8. The standard InChI is InChI=1S/C16H28N2O2/c1-11(2)7-10-18-14(19)13(12(3)4)17-15(20)16(18)8-5-6-9-16/h11-13H,5-10H2,1-4H3,(H,17,20). The average molecular weight is 280 g/mol. The van der Waals surface area contributed by atoms with E-state index < -0.39 is 5.54 Å². The van der Waals surface area contributed by atoms with Crippen molar-refractivity contribution in [2.24, 2.45) is 11.8 Å². The third-order valence-electron chi connectivity index (χ3n) is 4.79. The van der Waals surface area contributed by atoms with Gasteiger partial charge in [0.05, 0.1) is 0 Å². The molecule has 2 amide bonds. The van der Waals surface area contributed by atoms with Crippen LogP contribution in [0, 0.1) is 11.8 Å². The average Bonchev–Trinajstić information content (AvgIpc) is 2.83. The van der Waals surface area contributed by atoms with Gasteiger partial charge in [-0.3, -0.25) is 9.59 Å². The van der Waals surface area contributed by atoms with Crippen molar-refractivity contribution in [3.8, 4) is 0 Å². The first kappa shape index (κ1) is 15.3. The van der Waals surface area contributed by atoms with Crippen molar-refractivity contribution in [3.63, 3.8) is 0 Å². The van der Waals surface area contributed by atoms with Gasteiger partial charge >= 0.3 is 0 Å². The molecule has 4 heteroatoms. The minimum atomic E-state index is -0.544. The zero-order valence-corrected chi connectivity index (χ0v) is 13.2. The van der Waals surface area contributed by atoms with Gasteiger partial charge in [0.1, 0.15) is 11.6 Å². The van der Waals surface area contributed by atoms with E-state index in [1.54, 1.807) is 0 Å². The molecule has 2 fully saturated rings. The molecule has 1 atom stereocenters. The van der Waals surface area contributed by atoms with Crippen molar-refractivity contribution in [1.82, 2.24) is 10.2 Å². The Kier molecular flexibility index (Phi) is 4.40. The highest BCUT2D eigenvalue weighted by molar-refractivity contribution is 6.00. The molecule has 1 heterocycles. The molecule has 4 nitrogen and oxygen atoms in total. The molecule has 0 aromatic rings. The van der Waals surface area contributed by atoms with Crippen LogP contribution in [-0.2, 0) is 9.59 Å². The fourth-order valence-electron chi connectivity index (χ4n) is 3.46. The summed E-state index contributed by atoms with van der Waals surface area (Å²) in [5.41, 5.74) is -0.544. The number of nitrogens with zero attached hydrogens (tertiary/aromatic N) is 1. The van der Waals surface area contributed by atoms with E-state index in [1.165, 1.54) is 0 Å². The fraction of sp³-hybridized carbons (Fsp3) is 0.875. The number of piperazine rings is 1. The normalized spacial score (nSPS) is 25.9. The maximum atomic E-state index is 12.8. The van der Waals surface area contributed by atoms with E-state index in [4.69, 9.17) is 0 Å². The van der Waals surface area contributed by atoms with E-state index in [0.29, 0.717) is 12.5 Å². The third kappa shape index (κ3) is 2.57. The number of rotatable bonds is 4. The zero-order chi connectivity index (χ0) is 14.9. The number of carbonyl (C=O) groups excluding carboxylic acids is 2. The molecule has 1 N–H and O–H groups in total. The van der Waals surface area contributed by atoms with Gasteiger partial charge in [-0.25, -0.2) is 0 Å². The van der Waals surface area contributed by atoms with Gasteiger partial charge in [-0.15, -0.1) is 0 Å². The molecule has 1 aliphatic heterocycles. The lowest BCUT2D eigenvalue weighted by Gasteiger charge is -2.47. The Bertz CT molecular complexity index is 384. The van der Waals surface area contributed by atoms with Crippen LogP contribution < -0.4 is 5.32 Å². The molecule has 1 spiro atoms. The quantitative estimate of drug-likeness (QED) is 0.859. The van der Waals surface area contributed by atoms with Crippen LogP contribution in [0.4, 0.5) is 0 Å². The third-order valence-corrected chi connectivity index (χ3v) is 4.79. The molecule has 2 aliphatic rings. The summed E-state index contributed by atoms with van der Waals surface area (Å²) in [5.74, 6) is 0.898. The Morgan fingerprint density at radius 1 is 1.20 bits per heavy atom. The summed E-state index contributed by atoms with van der Waals surface area (Å²) in [7, 11) is 0. The van der Waals surface area contributed by atoms with E-state index in [2.05, 4.69) is 19.2 Å². The second-order valence-corrected chi connectivity index (χ2v) is 7.11. The zero-order valence-electron chi connectivity index (χ0n) is 13.2. The van der Waals surface area contributed by atoms with Crippen LogP contribution in [-0.4, -0.2) is 34.8 Å². The first-order valence-corrected chi connectivity index (χ1v) is 8.01. The number of hydrogen-bond acceptors (Lipinski definition) is 2. The predicted molar refractivity (Wildman–Crippen MR) is 79.1 cm³/mol. The Morgan fingerprint density at radius 3 is 2.30 bits per heavy atom.